The summed E-state index contributed by atoms with van der Waals surface area (Å²) in [4.78, 5) is 0. The number of para-hydroxylation sites is 3. The predicted molar refractivity (Wildman–Crippen MR) is 171 cm³/mol. The lowest BCUT2D eigenvalue weighted by molar-refractivity contribution is 0.669. The van der Waals surface area contributed by atoms with Crippen molar-refractivity contribution in [1.82, 2.24) is 4.57 Å². The summed E-state index contributed by atoms with van der Waals surface area (Å²) in [5.74, 6) is 0. The van der Waals surface area contributed by atoms with E-state index < -0.39 is 0 Å². The molecule has 3 aromatic heterocycles. The van der Waals surface area contributed by atoms with E-state index in [1.54, 1.807) is 11.3 Å². The summed E-state index contributed by atoms with van der Waals surface area (Å²) in [6, 6.07) is 42.9. The Balaban J connectivity index is 1.25. The molecule has 40 heavy (non-hydrogen) atoms. The van der Waals surface area contributed by atoms with E-state index in [4.69, 9.17) is 16.0 Å². The van der Waals surface area contributed by atoms with Gasteiger partial charge in [-0.05, 0) is 65.7 Å². The summed E-state index contributed by atoms with van der Waals surface area (Å²) in [7, 11) is 0. The van der Waals surface area contributed by atoms with Gasteiger partial charge in [0.2, 0.25) is 0 Å². The van der Waals surface area contributed by atoms with E-state index in [9.17, 15) is 0 Å². The molecule has 0 saturated heterocycles. The fraction of sp³-hybridized carbons (Fsp3) is 0. The van der Waals surface area contributed by atoms with Crippen LogP contribution in [-0.2, 0) is 0 Å². The highest BCUT2D eigenvalue weighted by Gasteiger charge is 2.18. The number of aromatic nitrogens is 1. The number of furan rings is 1. The molecule has 0 unspecified atom stereocenters. The van der Waals surface area contributed by atoms with E-state index in [1.165, 1.54) is 37.3 Å². The topological polar surface area (TPSA) is 18.1 Å². The summed E-state index contributed by atoms with van der Waals surface area (Å²) in [5, 5.41) is 8.00. The molecule has 0 aliphatic rings. The first-order valence-corrected chi connectivity index (χ1v) is 14.5. The van der Waals surface area contributed by atoms with Gasteiger partial charge in [-0.1, -0.05) is 78.3 Å². The van der Waals surface area contributed by atoms with E-state index in [0.29, 0.717) is 0 Å². The Morgan fingerprint density at radius 3 is 1.98 bits per heavy atom. The zero-order valence-corrected chi connectivity index (χ0v) is 22.8. The van der Waals surface area contributed by atoms with E-state index in [1.807, 2.05) is 12.1 Å². The van der Waals surface area contributed by atoms with Crippen molar-refractivity contribution in [3.8, 4) is 16.8 Å². The van der Waals surface area contributed by atoms with Crippen LogP contribution in [0.3, 0.4) is 0 Å². The van der Waals surface area contributed by atoms with Gasteiger partial charge >= 0.3 is 0 Å². The van der Waals surface area contributed by atoms with Gasteiger partial charge in [0.1, 0.15) is 11.2 Å². The molecule has 188 valence electrons. The molecule has 4 heteroatoms. The first-order chi connectivity index (χ1) is 19.7. The fourth-order valence-electron chi connectivity index (χ4n) is 6.31. The van der Waals surface area contributed by atoms with Crippen LogP contribution in [0.15, 0.2) is 126 Å². The number of halogens is 1. The van der Waals surface area contributed by atoms with Crippen LogP contribution in [0.1, 0.15) is 0 Å². The Labute approximate surface area is 238 Å². The third kappa shape index (κ3) is 3.05. The van der Waals surface area contributed by atoms with Crippen molar-refractivity contribution in [2.45, 2.75) is 0 Å². The molecule has 0 atom stereocenters. The van der Waals surface area contributed by atoms with E-state index >= 15 is 0 Å². The van der Waals surface area contributed by atoms with Gasteiger partial charge in [0.05, 0.1) is 20.8 Å². The number of nitrogens with zero attached hydrogens (tertiary/aromatic N) is 1. The Hall–Kier alpha value is -4.57. The molecule has 0 fully saturated rings. The maximum absolute atomic E-state index is 6.95. The quantitative estimate of drug-likeness (QED) is 0.210. The zero-order chi connectivity index (χ0) is 26.4. The third-order valence-corrected chi connectivity index (χ3v) is 9.68. The minimum atomic E-state index is 0.779. The molecule has 0 amide bonds. The molecule has 0 spiro atoms. The molecule has 0 saturated carbocycles. The predicted octanol–water partition coefficient (Wildman–Crippen LogP) is 11.4. The monoisotopic (exact) mass is 549 g/mol. The van der Waals surface area contributed by atoms with Gasteiger partial charge in [-0.25, -0.2) is 0 Å². The normalized spacial score (nSPS) is 12.1. The molecule has 0 radical (unpaired) electrons. The minimum absolute atomic E-state index is 0.779. The molecule has 3 heterocycles. The molecule has 0 aliphatic carbocycles. The van der Waals surface area contributed by atoms with Gasteiger partial charge in [0.25, 0.3) is 0 Å². The van der Waals surface area contributed by atoms with Crippen molar-refractivity contribution in [1.29, 1.82) is 0 Å². The van der Waals surface area contributed by atoms with Gasteiger partial charge in [0, 0.05) is 42.7 Å². The van der Waals surface area contributed by atoms with Crippen molar-refractivity contribution in [3.63, 3.8) is 0 Å². The summed E-state index contributed by atoms with van der Waals surface area (Å²) < 4.78 is 10.9. The molecule has 2 nitrogen and oxygen atoms in total. The Bertz CT molecular complexity index is 2390. The number of fused-ring (bicyclic) bond motifs is 10. The van der Waals surface area contributed by atoms with E-state index in [0.717, 1.165) is 48.5 Å². The summed E-state index contributed by atoms with van der Waals surface area (Å²) in [5.41, 5.74) is 7.62. The van der Waals surface area contributed by atoms with Gasteiger partial charge < -0.3 is 8.98 Å². The fourth-order valence-corrected chi connectivity index (χ4v) is 7.75. The average Bonchev–Trinajstić information content (AvgIpc) is 3.67. The maximum atomic E-state index is 6.95. The zero-order valence-electron chi connectivity index (χ0n) is 21.2. The van der Waals surface area contributed by atoms with Crippen molar-refractivity contribution < 1.29 is 4.42 Å². The van der Waals surface area contributed by atoms with Crippen LogP contribution < -0.4 is 0 Å². The average molecular weight is 550 g/mol. The number of hydrogen-bond donors (Lipinski definition) is 0. The second kappa shape index (κ2) is 8.22. The molecule has 0 N–H and O–H groups in total. The van der Waals surface area contributed by atoms with Crippen molar-refractivity contribution >= 4 is 86.9 Å². The Morgan fingerprint density at radius 2 is 1.23 bits per heavy atom. The van der Waals surface area contributed by atoms with E-state index in [2.05, 4.69) is 114 Å². The number of rotatable bonds is 2. The SMILES string of the molecule is Clc1cc(-c2ccc(-n3c4ccccc4c4ccccc43)cc2)cc2c1sc1ccc3oc4ccccc4c3c12. The molecular formula is C36H20ClNOS. The van der Waals surface area contributed by atoms with Crippen LogP contribution in [0.25, 0.3) is 80.7 Å². The van der Waals surface area contributed by atoms with Crippen molar-refractivity contribution in [2.75, 3.05) is 0 Å². The second-order valence-electron chi connectivity index (χ2n) is 10.3. The molecule has 0 aliphatic heterocycles. The van der Waals surface area contributed by atoms with Gasteiger partial charge in [-0.2, -0.15) is 0 Å². The number of benzene rings is 6. The smallest absolute Gasteiger partial charge is 0.136 e. The molecule has 0 bridgehead atoms. The van der Waals surface area contributed by atoms with Crippen molar-refractivity contribution in [2.24, 2.45) is 0 Å². The summed E-state index contributed by atoms with van der Waals surface area (Å²) >= 11 is 8.70. The van der Waals surface area contributed by atoms with Crippen LogP contribution >= 0.6 is 22.9 Å². The van der Waals surface area contributed by atoms with Crippen LogP contribution in [0.4, 0.5) is 0 Å². The molecular weight excluding hydrogens is 530 g/mol. The summed E-state index contributed by atoms with van der Waals surface area (Å²) in [6.07, 6.45) is 0. The lowest BCUT2D eigenvalue weighted by atomic mass is 10.0. The summed E-state index contributed by atoms with van der Waals surface area (Å²) in [6.45, 7) is 0. The highest BCUT2D eigenvalue weighted by atomic mass is 35.5. The first kappa shape index (κ1) is 22.3. The number of hydrogen-bond acceptors (Lipinski definition) is 2. The van der Waals surface area contributed by atoms with Crippen LogP contribution in [0.5, 0.6) is 0 Å². The molecule has 9 rings (SSSR count). The first-order valence-electron chi connectivity index (χ1n) is 13.3. The maximum Gasteiger partial charge on any atom is 0.136 e. The molecule has 6 aromatic carbocycles. The minimum Gasteiger partial charge on any atom is -0.456 e. The van der Waals surface area contributed by atoms with Gasteiger partial charge in [-0.15, -0.1) is 11.3 Å². The highest BCUT2D eigenvalue weighted by molar-refractivity contribution is 7.26. The largest absolute Gasteiger partial charge is 0.456 e. The van der Waals surface area contributed by atoms with E-state index in [-0.39, 0.29) is 0 Å². The lowest BCUT2D eigenvalue weighted by Gasteiger charge is -2.10. The van der Waals surface area contributed by atoms with Crippen LogP contribution in [-0.4, -0.2) is 4.57 Å². The Kier molecular flexibility index (Phi) is 4.57. The third-order valence-electron chi connectivity index (χ3n) is 8.07. The standard InChI is InChI=1S/C36H20ClNOS/c37-28-20-22(19-27-35-33(40-36(27)28)18-17-32-34(35)26-9-3-6-12-31(26)39-32)21-13-15-23(16-14-21)38-29-10-4-1-7-24(29)25-8-2-5-11-30(25)38/h1-20H. The molecule has 9 aromatic rings. The second-order valence-corrected chi connectivity index (χ2v) is 11.7. The van der Waals surface area contributed by atoms with Gasteiger partial charge in [0.15, 0.2) is 0 Å². The van der Waals surface area contributed by atoms with Gasteiger partial charge in [-0.3, -0.25) is 0 Å². The van der Waals surface area contributed by atoms with Crippen LogP contribution in [0, 0.1) is 0 Å². The van der Waals surface area contributed by atoms with Crippen LogP contribution in [0.2, 0.25) is 5.02 Å². The van der Waals surface area contributed by atoms with Crippen molar-refractivity contribution in [3.05, 3.63) is 126 Å². The number of thiophene rings is 1. The highest BCUT2D eigenvalue weighted by Crippen LogP contribution is 2.46. The Morgan fingerprint density at radius 1 is 0.550 bits per heavy atom. The lowest BCUT2D eigenvalue weighted by Crippen LogP contribution is -1.93.